The second kappa shape index (κ2) is 14.7. The minimum atomic E-state index is -3.56. The maximum absolute atomic E-state index is 14.1. The molecule has 1 atom stereocenters. The fourth-order valence-corrected chi connectivity index (χ4v) is 6.77. The molecule has 2 amide bonds. The van der Waals surface area contributed by atoms with Crippen LogP contribution in [-0.4, -0.2) is 50.0 Å². The molecule has 0 aromatic heterocycles. The summed E-state index contributed by atoms with van der Waals surface area (Å²) in [5.41, 5.74) is 5.69. The van der Waals surface area contributed by atoms with Gasteiger partial charge in [-0.3, -0.25) is 13.9 Å². The molecule has 1 saturated carbocycles. The van der Waals surface area contributed by atoms with Gasteiger partial charge in [0.15, 0.2) is 0 Å². The lowest BCUT2D eigenvalue weighted by Gasteiger charge is -2.33. The first kappa shape index (κ1) is 32.3. The van der Waals surface area contributed by atoms with Gasteiger partial charge in [-0.2, -0.15) is 0 Å². The van der Waals surface area contributed by atoms with E-state index < -0.39 is 16.1 Å². The van der Waals surface area contributed by atoms with Gasteiger partial charge in [-0.1, -0.05) is 79.1 Å². The van der Waals surface area contributed by atoms with Gasteiger partial charge in [-0.25, -0.2) is 8.42 Å². The largest absolute Gasteiger partial charge is 0.352 e. The van der Waals surface area contributed by atoms with Gasteiger partial charge in [-0.05, 0) is 74.4 Å². The van der Waals surface area contributed by atoms with E-state index in [2.05, 4.69) is 5.32 Å². The van der Waals surface area contributed by atoms with Crippen LogP contribution >= 0.6 is 0 Å². The fourth-order valence-electron chi connectivity index (χ4n) is 5.81. The average molecular weight is 604 g/mol. The number of amides is 2. The standard InChI is InChI=1S/C35H45N3O4S/c1-26-12-10-15-30(22-26)25-37(33(24-29-13-6-5-7-14-29)35(40)36-31-16-8-9-17-31)34(39)18-11-21-38(43(4,41)42)32-20-19-27(2)28(3)23-32/h5-7,10,12-15,19-20,22-23,31,33H,8-9,11,16-18,21,24-25H2,1-4H3,(H,36,40). The second-order valence-electron chi connectivity index (χ2n) is 11.9. The third kappa shape index (κ3) is 9.17. The van der Waals surface area contributed by atoms with Crippen LogP contribution in [0.25, 0.3) is 0 Å². The van der Waals surface area contributed by atoms with E-state index in [0.29, 0.717) is 25.1 Å². The van der Waals surface area contributed by atoms with E-state index in [1.54, 1.807) is 11.0 Å². The lowest BCUT2D eigenvalue weighted by atomic mass is 10.0. The molecule has 0 bridgehead atoms. The quantitative estimate of drug-likeness (QED) is 0.265. The third-order valence-electron chi connectivity index (χ3n) is 8.34. The maximum Gasteiger partial charge on any atom is 0.243 e. The molecule has 1 aliphatic rings. The molecule has 0 saturated heterocycles. The highest BCUT2D eigenvalue weighted by molar-refractivity contribution is 7.92. The molecule has 0 spiro atoms. The van der Waals surface area contributed by atoms with Crippen LogP contribution in [0.2, 0.25) is 0 Å². The van der Waals surface area contributed by atoms with Crippen molar-refractivity contribution in [3.8, 4) is 0 Å². The van der Waals surface area contributed by atoms with Crippen molar-refractivity contribution >= 4 is 27.5 Å². The van der Waals surface area contributed by atoms with E-state index in [1.807, 2.05) is 87.5 Å². The molecule has 0 heterocycles. The second-order valence-corrected chi connectivity index (χ2v) is 13.8. The Kier molecular flexibility index (Phi) is 11.0. The van der Waals surface area contributed by atoms with Crippen LogP contribution < -0.4 is 9.62 Å². The minimum absolute atomic E-state index is 0.116. The summed E-state index contributed by atoms with van der Waals surface area (Å²) >= 11 is 0. The van der Waals surface area contributed by atoms with E-state index >= 15 is 0 Å². The molecule has 7 nitrogen and oxygen atoms in total. The van der Waals surface area contributed by atoms with E-state index in [-0.39, 0.29) is 30.8 Å². The smallest absolute Gasteiger partial charge is 0.243 e. The van der Waals surface area contributed by atoms with Gasteiger partial charge < -0.3 is 10.2 Å². The Morgan fingerprint density at radius 3 is 2.23 bits per heavy atom. The molecule has 3 aromatic carbocycles. The van der Waals surface area contributed by atoms with Gasteiger partial charge in [0.25, 0.3) is 0 Å². The summed E-state index contributed by atoms with van der Waals surface area (Å²) in [4.78, 5) is 29.6. The van der Waals surface area contributed by atoms with Gasteiger partial charge in [0, 0.05) is 32.0 Å². The first-order valence-electron chi connectivity index (χ1n) is 15.3. The zero-order valence-electron chi connectivity index (χ0n) is 25.9. The Labute approximate surface area is 257 Å². The number of nitrogens with zero attached hydrogens (tertiary/aromatic N) is 2. The number of aryl methyl sites for hydroxylation is 3. The number of rotatable bonds is 13. The van der Waals surface area contributed by atoms with E-state index in [9.17, 15) is 18.0 Å². The third-order valence-corrected chi connectivity index (χ3v) is 9.53. The number of benzene rings is 3. The highest BCUT2D eigenvalue weighted by Gasteiger charge is 2.32. The van der Waals surface area contributed by atoms with Crippen molar-refractivity contribution in [3.63, 3.8) is 0 Å². The molecule has 8 heteroatoms. The molecular formula is C35H45N3O4S. The van der Waals surface area contributed by atoms with Crippen LogP contribution in [-0.2, 0) is 32.6 Å². The lowest BCUT2D eigenvalue weighted by molar-refractivity contribution is -0.141. The number of carbonyl (C=O) groups is 2. The average Bonchev–Trinajstić information content (AvgIpc) is 3.47. The minimum Gasteiger partial charge on any atom is -0.352 e. The molecule has 0 radical (unpaired) electrons. The molecule has 1 unspecified atom stereocenters. The van der Waals surface area contributed by atoms with Crippen molar-refractivity contribution in [1.29, 1.82) is 0 Å². The molecule has 1 fully saturated rings. The Morgan fingerprint density at radius 2 is 1.58 bits per heavy atom. The van der Waals surface area contributed by atoms with Gasteiger partial charge in [0.1, 0.15) is 6.04 Å². The highest BCUT2D eigenvalue weighted by atomic mass is 32.2. The Hall–Kier alpha value is -3.65. The SMILES string of the molecule is Cc1cccc(CN(C(=O)CCCN(c2ccc(C)c(C)c2)S(C)(=O)=O)C(Cc2ccccc2)C(=O)NC2CCCC2)c1. The summed E-state index contributed by atoms with van der Waals surface area (Å²) in [6.07, 6.45) is 6.13. The molecule has 4 rings (SSSR count). The summed E-state index contributed by atoms with van der Waals surface area (Å²) in [5, 5.41) is 3.24. The lowest BCUT2D eigenvalue weighted by Crippen LogP contribution is -2.52. The normalized spacial score (nSPS) is 14.3. The van der Waals surface area contributed by atoms with Crippen molar-refractivity contribution in [2.24, 2.45) is 0 Å². The van der Waals surface area contributed by atoms with Crippen molar-refractivity contribution in [1.82, 2.24) is 10.2 Å². The predicted octanol–water partition coefficient (Wildman–Crippen LogP) is 5.86. The topological polar surface area (TPSA) is 86.8 Å². The molecule has 43 heavy (non-hydrogen) atoms. The van der Waals surface area contributed by atoms with Gasteiger partial charge in [0.05, 0.1) is 11.9 Å². The maximum atomic E-state index is 14.1. The van der Waals surface area contributed by atoms with Crippen molar-refractivity contribution in [3.05, 3.63) is 101 Å². The zero-order chi connectivity index (χ0) is 31.0. The van der Waals surface area contributed by atoms with Crippen LogP contribution in [0.3, 0.4) is 0 Å². The summed E-state index contributed by atoms with van der Waals surface area (Å²) in [5.74, 6) is -0.304. The van der Waals surface area contributed by atoms with Crippen LogP contribution in [0.15, 0.2) is 72.8 Å². The highest BCUT2D eigenvalue weighted by Crippen LogP contribution is 2.24. The summed E-state index contributed by atoms with van der Waals surface area (Å²) in [6, 6.07) is 22.8. The zero-order valence-corrected chi connectivity index (χ0v) is 26.7. The van der Waals surface area contributed by atoms with Crippen molar-refractivity contribution in [2.75, 3.05) is 17.1 Å². The summed E-state index contributed by atoms with van der Waals surface area (Å²) in [6.45, 7) is 6.41. The predicted molar refractivity (Wildman–Crippen MR) is 173 cm³/mol. The Morgan fingerprint density at radius 1 is 0.884 bits per heavy atom. The molecule has 3 aromatic rings. The van der Waals surface area contributed by atoms with Crippen molar-refractivity contribution in [2.45, 2.75) is 84.3 Å². The van der Waals surface area contributed by atoms with Crippen LogP contribution in [0, 0.1) is 20.8 Å². The Balaban J connectivity index is 1.59. The molecule has 1 aliphatic carbocycles. The number of hydrogen-bond donors (Lipinski definition) is 1. The number of carbonyl (C=O) groups excluding carboxylic acids is 2. The van der Waals surface area contributed by atoms with E-state index in [1.165, 1.54) is 10.6 Å². The van der Waals surface area contributed by atoms with Crippen LogP contribution in [0.4, 0.5) is 5.69 Å². The van der Waals surface area contributed by atoms with Crippen molar-refractivity contribution < 1.29 is 18.0 Å². The number of sulfonamides is 1. The van der Waals surface area contributed by atoms with E-state index in [0.717, 1.165) is 53.5 Å². The molecule has 230 valence electrons. The first-order chi connectivity index (χ1) is 20.5. The first-order valence-corrected chi connectivity index (χ1v) is 17.1. The monoisotopic (exact) mass is 603 g/mol. The molecular weight excluding hydrogens is 558 g/mol. The van der Waals surface area contributed by atoms with E-state index in [4.69, 9.17) is 0 Å². The van der Waals surface area contributed by atoms with Gasteiger partial charge in [0.2, 0.25) is 21.8 Å². The number of hydrogen-bond acceptors (Lipinski definition) is 4. The van der Waals surface area contributed by atoms with Gasteiger partial charge in [-0.15, -0.1) is 0 Å². The molecule has 0 aliphatic heterocycles. The summed E-state index contributed by atoms with van der Waals surface area (Å²) < 4.78 is 26.9. The van der Waals surface area contributed by atoms with Crippen LogP contribution in [0.5, 0.6) is 0 Å². The summed E-state index contributed by atoms with van der Waals surface area (Å²) in [7, 11) is -3.56. The Bertz CT molecular complexity index is 1500. The van der Waals surface area contributed by atoms with Gasteiger partial charge >= 0.3 is 0 Å². The van der Waals surface area contributed by atoms with Crippen LogP contribution in [0.1, 0.15) is 66.3 Å². The number of anilines is 1. The molecule has 1 N–H and O–H groups in total. The fraction of sp³-hybridized carbons (Fsp3) is 0.429. The number of nitrogens with one attached hydrogen (secondary N) is 1.